The van der Waals surface area contributed by atoms with Gasteiger partial charge in [0.1, 0.15) is 11.3 Å². The van der Waals surface area contributed by atoms with Gasteiger partial charge < -0.3 is 5.32 Å². The maximum Gasteiger partial charge on any atom is 0.149 e. The smallest absolute Gasteiger partial charge is 0.149 e. The second-order valence-corrected chi connectivity index (χ2v) is 4.56. The molecule has 2 nitrogen and oxygen atoms in total. The van der Waals surface area contributed by atoms with Crippen molar-refractivity contribution >= 4 is 10.9 Å². The summed E-state index contributed by atoms with van der Waals surface area (Å²) in [6.45, 7) is 2.09. The number of hydrogen-bond donors (Lipinski definition) is 1. The highest BCUT2D eigenvalue weighted by Gasteiger charge is 2.18. The largest absolute Gasteiger partial charge is 0.317 e. The molecule has 17 heavy (non-hydrogen) atoms. The molecule has 0 atom stereocenters. The van der Waals surface area contributed by atoms with Crippen molar-refractivity contribution < 1.29 is 4.39 Å². The van der Waals surface area contributed by atoms with Crippen LogP contribution in [0.5, 0.6) is 0 Å². The summed E-state index contributed by atoms with van der Waals surface area (Å²) in [4.78, 5) is 4.15. The van der Waals surface area contributed by atoms with E-state index in [1.165, 1.54) is 5.56 Å². The van der Waals surface area contributed by atoms with Crippen molar-refractivity contribution in [3.8, 4) is 0 Å². The van der Waals surface area contributed by atoms with Crippen LogP contribution in [0, 0.1) is 5.82 Å². The van der Waals surface area contributed by atoms with Crippen molar-refractivity contribution in [2.75, 3.05) is 13.1 Å². The zero-order valence-corrected chi connectivity index (χ0v) is 9.62. The van der Waals surface area contributed by atoms with Crippen molar-refractivity contribution in [3.05, 3.63) is 41.8 Å². The van der Waals surface area contributed by atoms with Crippen LogP contribution in [-0.4, -0.2) is 18.1 Å². The van der Waals surface area contributed by atoms with Crippen LogP contribution in [0.1, 0.15) is 24.3 Å². The number of aromatic nitrogens is 1. The van der Waals surface area contributed by atoms with Crippen LogP contribution < -0.4 is 5.32 Å². The fraction of sp³-hybridized carbons (Fsp3) is 0.357. The molecule has 0 bridgehead atoms. The van der Waals surface area contributed by atoms with Crippen molar-refractivity contribution in [1.82, 2.24) is 10.3 Å². The lowest BCUT2D eigenvalue weighted by Gasteiger charge is -2.24. The van der Waals surface area contributed by atoms with Gasteiger partial charge in [-0.15, -0.1) is 0 Å². The molecule has 1 aromatic carbocycles. The van der Waals surface area contributed by atoms with Crippen molar-refractivity contribution in [2.45, 2.75) is 18.8 Å². The number of nitrogens with zero attached hydrogens (tertiary/aromatic N) is 1. The fourth-order valence-electron chi connectivity index (χ4n) is 2.65. The maximum atomic E-state index is 13.7. The number of pyridine rings is 1. The van der Waals surface area contributed by atoms with Crippen LogP contribution >= 0.6 is 0 Å². The highest BCUT2D eigenvalue weighted by atomic mass is 19.1. The molecule has 0 radical (unpaired) electrons. The highest BCUT2D eigenvalue weighted by Crippen LogP contribution is 2.31. The van der Waals surface area contributed by atoms with Gasteiger partial charge in [-0.2, -0.15) is 0 Å². The second-order valence-electron chi connectivity index (χ2n) is 4.56. The Labute approximate surface area is 99.9 Å². The van der Waals surface area contributed by atoms with E-state index in [2.05, 4.69) is 10.3 Å². The molecule has 1 aliphatic heterocycles. The fourth-order valence-corrected chi connectivity index (χ4v) is 2.65. The number of rotatable bonds is 1. The van der Waals surface area contributed by atoms with Gasteiger partial charge in [0.25, 0.3) is 0 Å². The van der Waals surface area contributed by atoms with E-state index < -0.39 is 0 Å². The molecule has 1 N–H and O–H groups in total. The van der Waals surface area contributed by atoms with E-state index in [1.807, 2.05) is 18.2 Å². The first-order valence-corrected chi connectivity index (χ1v) is 6.10. The van der Waals surface area contributed by atoms with Gasteiger partial charge in [0.05, 0.1) is 0 Å². The van der Waals surface area contributed by atoms with E-state index in [0.29, 0.717) is 11.4 Å². The number of fused-ring (bicyclic) bond motifs is 1. The summed E-state index contributed by atoms with van der Waals surface area (Å²) in [7, 11) is 0. The molecule has 3 rings (SSSR count). The molecular formula is C14H15FN2. The highest BCUT2D eigenvalue weighted by molar-refractivity contribution is 5.83. The van der Waals surface area contributed by atoms with E-state index in [-0.39, 0.29) is 5.82 Å². The Bertz CT molecular complexity index is 533. The van der Waals surface area contributed by atoms with Crippen LogP contribution in [0.4, 0.5) is 4.39 Å². The first-order valence-electron chi connectivity index (χ1n) is 6.10. The molecule has 0 amide bonds. The normalized spacial score (nSPS) is 17.5. The van der Waals surface area contributed by atoms with Gasteiger partial charge in [-0.25, -0.2) is 4.39 Å². The Hall–Kier alpha value is -1.48. The molecule has 1 fully saturated rings. The number of halogens is 1. The third kappa shape index (κ3) is 1.91. The second kappa shape index (κ2) is 4.41. The molecule has 0 aliphatic carbocycles. The van der Waals surface area contributed by atoms with E-state index in [1.54, 1.807) is 12.3 Å². The van der Waals surface area contributed by atoms with Crippen molar-refractivity contribution in [3.63, 3.8) is 0 Å². The molecule has 2 aromatic rings. The Morgan fingerprint density at radius 2 is 2.00 bits per heavy atom. The van der Waals surface area contributed by atoms with Gasteiger partial charge in [0.2, 0.25) is 0 Å². The lowest BCUT2D eigenvalue weighted by atomic mass is 9.88. The van der Waals surface area contributed by atoms with Crippen LogP contribution in [0.3, 0.4) is 0 Å². The minimum absolute atomic E-state index is 0.224. The molecular weight excluding hydrogens is 215 g/mol. The Morgan fingerprint density at radius 1 is 1.18 bits per heavy atom. The molecule has 88 valence electrons. The molecule has 1 aliphatic rings. The Balaban J connectivity index is 2.12. The zero-order chi connectivity index (χ0) is 11.7. The minimum atomic E-state index is -0.224. The number of hydrogen-bond acceptors (Lipinski definition) is 2. The molecule has 2 heterocycles. The van der Waals surface area contributed by atoms with Gasteiger partial charge in [-0.05, 0) is 49.5 Å². The monoisotopic (exact) mass is 230 g/mol. The van der Waals surface area contributed by atoms with E-state index in [9.17, 15) is 4.39 Å². The predicted octanol–water partition coefficient (Wildman–Crippen LogP) is 2.84. The van der Waals surface area contributed by atoms with E-state index >= 15 is 0 Å². The first kappa shape index (κ1) is 10.7. The van der Waals surface area contributed by atoms with Gasteiger partial charge >= 0.3 is 0 Å². The molecule has 0 unspecified atom stereocenters. The topological polar surface area (TPSA) is 24.9 Å². The quantitative estimate of drug-likeness (QED) is 0.814. The third-order valence-corrected chi connectivity index (χ3v) is 3.53. The number of piperidine rings is 1. The summed E-state index contributed by atoms with van der Waals surface area (Å²) in [5.74, 6) is 0.307. The summed E-state index contributed by atoms with van der Waals surface area (Å²) in [5.41, 5.74) is 1.75. The lowest BCUT2D eigenvalue weighted by molar-refractivity contribution is 0.462. The number of benzene rings is 1. The van der Waals surface area contributed by atoms with E-state index in [0.717, 1.165) is 31.3 Å². The van der Waals surface area contributed by atoms with Crippen LogP contribution in [0.15, 0.2) is 30.5 Å². The molecule has 1 aromatic heterocycles. The van der Waals surface area contributed by atoms with Crippen LogP contribution in [0.2, 0.25) is 0 Å². The van der Waals surface area contributed by atoms with Gasteiger partial charge in [0, 0.05) is 11.6 Å². The predicted molar refractivity (Wildman–Crippen MR) is 66.5 cm³/mol. The minimum Gasteiger partial charge on any atom is -0.317 e. The van der Waals surface area contributed by atoms with Gasteiger partial charge in [-0.3, -0.25) is 4.98 Å². The average molecular weight is 230 g/mol. The summed E-state index contributed by atoms with van der Waals surface area (Å²) in [6.07, 6.45) is 3.89. The summed E-state index contributed by atoms with van der Waals surface area (Å²) in [5, 5.41) is 4.33. The lowest BCUT2D eigenvalue weighted by Crippen LogP contribution is -2.26. The standard InChI is InChI=1S/C14H15FN2/c15-13-4-3-11(10-5-8-16-9-6-10)12-2-1-7-17-14(12)13/h1-4,7,10,16H,5-6,8-9H2. The summed E-state index contributed by atoms with van der Waals surface area (Å²) in [6, 6.07) is 7.33. The number of nitrogens with one attached hydrogen (secondary N) is 1. The molecule has 0 saturated carbocycles. The van der Waals surface area contributed by atoms with Crippen LogP contribution in [0.25, 0.3) is 10.9 Å². The van der Waals surface area contributed by atoms with Crippen molar-refractivity contribution in [1.29, 1.82) is 0 Å². The zero-order valence-electron chi connectivity index (χ0n) is 9.62. The maximum absolute atomic E-state index is 13.7. The first-order chi connectivity index (χ1) is 8.36. The van der Waals surface area contributed by atoms with Gasteiger partial charge in [-0.1, -0.05) is 12.1 Å². The van der Waals surface area contributed by atoms with Crippen LogP contribution in [-0.2, 0) is 0 Å². The van der Waals surface area contributed by atoms with E-state index in [4.69, 9.17) is 0 Å². The SMILES string of the molecule is Fc1ccc(C2CCNCC2)c2cccnc12. The Kier molecular flexibility index (Phi) is 2.77. The average Bonchev–Trinajstić information content (AvgIpc) is 2.41. The summed E-state index contributed by atoms with van der Waals surface area (Å²) >= 11 is 0. The van der Waals surface area contributed by atoms with Gasteiger partial charge in [0.15, 0.2) is 0 Å². The molecule has 3 heteroatoms. The molecule has 0 spiro atoms. The third-order valence-electron chi connectivity index (χ3n) is 3.53. The molecule has 1 saturated heterocycles. The van der Waals surface area contributed by atoms with Crippen molar-refractivity contribution in [2.24, 2.45) is 0 Å². The summed E-state index contributed by atoms with van der Waals surface area (Å²) < 4.78 is 13.7. The Morgan fingerprint density at radius 3 is 2.82 bits per heavy atom.